The molecular weight excluding hydrogens is 257 g/mol. The fraction of sp³-hybridized carbons (Fsp3) is 0.583. The molecule has 17 heavy (non-hydrogen) atoms. The maximum atomic E-state index is 6.03. The van der Waals surface area contributed by atoms with E-state index in [0.717, 1.165) is 31.6 Å². The highest BCUT2D eigenvalue weighted by Gasteiger charge is 2.06. The molecule has 0 atom stereocenters. The molecule has 0 unspecified atom stereocenters. The molecule has 3 nitrogen and oxygen atoms in total. The number of nitrogens with zero attached hydrogens (tertiary/aromatic N) is 3. The lowest BCUT2D eigenvalue weighted by Crippen LogP contribution is -2.23. The van der Waals surface area contributed by atoms with E-state index in [1.165, 1.54) is 0 Å². The molecule has 1 rings (SSSR count). The van der Waals surface area contributed by atoms with Crippen LogP contribution in [0.4, 0.5) is 0 Å². The fourth-order valence-corrected chi connectivity index (χ4v) is 1.99. The van der Waals surface area contributed by atoms with E-state index in [-0.39, 0.29) is 0 Å². The zero-order valence-corrected chi connectivity index (χ0v) is 12.1. The van der Waals surface area contributed by atoms with E-state index in [4.69, 9.17) is 23.2 Å². The molecule has 0 saturated carbocycles. The highest BCUT2D eigenvalue weighted by molar-refractivity contribution is 6.32. The van der Waals surface area contributed by atoms with Gasteiger partial charge in [-0.1, -0.05) is 29.3 Å². The van der Waals surface area contributed by atoms with Crippen LogP contribution in [0.15, 0.2) is 12.1 Å². The van der Waals surface area contributed by atoms with Crippen molar-refractivity contribution in [1.82, 2.24) is 14.8 Å². The van der Waals surface area contributed by atoms with Crippen LogP contribution in [-0.2, 0) is 6.54 Å². The Morgan fingerprint density at radius 2 is 1.82 bits per heavy atom. The van der Waals surface area contributed by atoms with E-state index in [0.29, 0.717) is 10.3 Å². The van der Waals surface area contributed by atoms with Crippen LogP contribution in [0.3, 0.4) is 0 Å². The first-order chi connectivity index (χ1) is 7.99. The van der Waals surface area contributed by atoms with Gasteiger partial charge in [0, 0.05) is 12.1 Å². The van der Waals surface area contributed by atoms with Gasteiger partial charge in [-0.2, -0.15) is 0 Å². The maximum Gasteiger partial charge on any atom is 0.135 e. The molecule has 5 heteroatoms. The molecule has 96 valence electrons. The fourth-order valence-electron chi connectivity index (χ4n) is 1.59. The first-order valence-corrected chi connectivity index (χ1v) is 6.39. The summed E-state index contributed by atoms with van der Waals surface area (Å²) in [4.78, 5) is 8.45. The SMILES string of the molecule is CN(C)CCCN(C)Cc1ccc(Cl)nc1Cl. The van der Waals surface area contributed by atoms with Crippen LogP contribution in [0.25, 0.3) is 0 Å². The zero-order chi connectivity index (χ0) is 12.8. The number of hydrogen-bond donors (Lipinski definition) is 0. The van der Waals surface area contributed by atoms with Crippen molar-refractivity contribution >= 4 is 23.2 Å². The lowest BCUT2D eigenvalue weighted by Gasteiger charge is -2.18. The largest absolute Gasteiger partial charge is 0.309 e. The minimum absolute atomic E-state index is 0.439. The summed E-state index contributed by atoms with van der Waals surface area (Å²) in [6.45, 7) is 2.94. The smallest absolute Gasteiger partial charge is 0.135 e. The van der Waals surface area contributed by atoms with Crippen molar-refractivity contribution in [3.05, 3.63) is 28.0 Å². The molecule has 1 heterocycles. The number of pyridine rings is 1. The molecule has 0 amide bonds. The van der Waals surface area contributed by atoms with E-state index in [9.17, 15) is 0 Å². The average molecular weight is 276 g/mol. The van der Waals surface area contributed by atoms with Crippen molar-refractivity contribution < 1.29 is 0 Å². The van der Waals surface area contributed by atoms with Gasteiger partial charge in [0.2, 0.25) is 0 Å². The van der Waals surface area contributed by atoms with Crippen molar-refractivity contribution in [3.8, 4) is 0 Å². The number of halogens is 2. The van der Waals surface area contributed by atoms with Crippen LogP contribution in [0.1, 0.15) is 12.0 Å². The molecule has 0 aliphatic heterocycles. The maximum absolute atomic E-state index is 6.03. The minimum Gasteiger partial charge on any atom is -0.309 e. The second-order valence-electron chi connectivity index (χ2n) is 4.48. The van der Waals surface area contributed by atoms with E-state index >= 15 is 0 Å². The predicted octanol–water partition coefficient (Wildman–Crippen LogP) is 2.77. The summed E-state index contributed by atoms with van der Waals surface area (Å²) >= 11 is 11.8. The van der Waals surface area contributed by atoms with Gasteiger partial charge in [-0.15, -0.1) is 0 Å². The Labute approximate surface area is 113 Å². The van der Waals surface area contributed by atoms with Crippen LogP contribution in [0.5, 0.6) is 0 Å². The highest BCUT2D eigenvalue weighted by atomic mass is 35.5. The summed E-state index contributed by atoms with van der Waals surface area (Å²) < 4.78 is 0. The van der Waals surface area contributed by atoms with E-state index in [1.807, 2.05) is 6.07 Å². The first kappa shape index (κ1) is 14.7. The molecule has 0 aliphatic rings. The second-order valence-corrected chi connectivity index (χ2v) is 5.22. The molecule has 0 spiro atoms. The number of aromatic nitrogens is 1. The van der Waals surface area contributed by atoms with Crippen molar-refractivity contribution in [2.24, 2.45) is 0 Å². The Morgan fingerprint density at radius 3 is 2.41 bits per heavy atom. The summed E-state index contributed by atoms with van der Waals surface area (Å²) in [5.41, 5.74) is 1.02. The summed E-state index contributed by atoms with van der Waals surface area (Å²) in [6, 6.07) is 3.70. The monoisotopic (exact) mass is 275 g/mol. The molecule has 0 bridgehead atoms. The van der Waals surface area contributed by atoms with Gasteiger partial charge in [0.25, 0.3) is 0 Å². The lowest BCUT2D eigenvalue weighted by molar-refractivity contribution is 0.294. The standard InChI is InChI=1S/C12H19Cl2N3/c1-16(2)7-4-8-17(3)9-10-5-6-11(13)15-12(10)14/h5-6H,4,7-9H2,1-3H3. The van der Waals surface area contributed by atoms with E-state index < -0.39 is 0 Å². The predicted molar refractivity (Wildman–Crippen MR) is 73.8 cm³/mol. The number of rotatable bonds is 6. The van der Waals surface area contributed by atoms with Crippen LogP contribution in [-0.4, -0.2) is 49.0 Å². The van der Waals surface area contributed by atoms with Crippen LogP contribution in [0, 0.1) is 0 Å². The van der Waals surface area contributed by atoms with Gasteiger partial charge in [-0.05, 0) is 46.7 Å². The van der Waals surface area contributed by atoms with E-state index in [1.54, 1.807) is 6.07 Å². The summed E-state index contributed by atoms with van der Waals surface area (Å²) in [6.07, 6.45) is 1.14. The molecule has 0 aromatic carbocycles. The lowest BCUT2D eigenvalue weighted by atomic mass is 10.2. The zero-order valence-electron chi connectivity index (χ0n) is 10.6. The van der Waals surface area contributed by atoms with Gasteiger partial charge < -0.3 is 9.80 Å². The summed E-state index contributed by atoms with van der Waals surface area (Å²) in [5, 5.41) is 0.936. The molecule has 0 N–H and O–H groups in total. The molecular formula is C12H19Cl2N3. The average Bonchev–Trinajstić information content (AvgIpc) is 2.21. The molecule has 1 aromatic heterocycles. The topological polar surface area (TPSA) is 19.4 Å². The third-order valence-corrected chi connectivity index (χ3v) is 3.02. The molecule has 0 fully saturated rings. The van der Waals surface area contributed by atoms with Gasteiger partial charge >= 0.3 is 0 Å². The van der Waals surface area contributed by atoms with Gasteiger partial charge in [0.15, 0.2) is 0 Å². The summed E-state index contributed by atoms with van der Waals surface area (Å²) in [7, 11) is 6.25. The van der Waals surface area contributed by atoms with Crippen molar-refractivity contribution in [3.63, 3.8) is 0 Å². The summed E-state index contributed by atoms with van der Waals surface area (Å²) in [5.74, 6) is 0. The minimum atomic E-state index is 0.439. The second kappa shape index (κ2) is 7.17. The Bertz CT molecular complexity index is 356. The first-order valence-electron chi connectivity index (χ1n) is 5.63. The number of hydrogen-bond acceptors (Lipinski definition) is 3. The molecule has 0 saturated heterocycles. The van der Waals surface area contributed by atoms with Crippen LogP contribution < -0.4 is 0 Å². The Morgan fingerprint density at radius 1 is 1.12 bits per heavy atom. The van der Waals surface area contributed by atoms with Gasteiger partial charge in [-0.25, -0.2) is 4.98 Å². The van der Waals surface area contributed by atoms with Gasteiger partial charge in [-0.3, -0.25) is 0 Å². The van der Waals surface area contributed by atoms with Gasteiger partial charge in [0.05, 0.1) is 0 Å². The Hall–Kier alpha value is -0.350. The molecule has 1 aromatic rings. The third-order valence-electron chi connectivity index (χ3n) is 2.48. The normalized spacial score (nSPS) is 11.5. The van der Waals surface area contributed by atoms with Gasteiger partial charge in [0.1, 0.15) is 10.3 Å². The van der Waals surface area contributed by atoms with Crippen molar-refractivity contribution in [2.45, 2.75) is 13.0 Å². The van der Waals surface area contributed by atoms with E-state index in [2.05, 4.69) is 35.9 Å². The van der Waals surface area contributed by atoms with Crippen LogP contribution >= 0.6 is 23.2 Å². The third kappa shape index (κ3) is 5.68. The molecule has 0 radical (unpaired) electrons. The highest BCUT2D eigenvalue weighted by Crippen LogP contribution is 2.17. The Balaban J connectivity index is 2.42. The van der Waals surface area contributed by atoms with Crippen LogP contribution in [0.2, 0.25) is 10.3 Å². The van der Waals surface area contributed by atoms with Crippen molar-refractivity contribution in [2.75, 3.05) is 34.2 Å². The van der Waals surface area contributed by atoms with Crippen molar-refractivity contribution in [1.29, 1.82) is 0 Å². The Kier molecular flexibility index (Phi) is 6.20. The quantitative estimate of drug-likeness (QED) is 0.745. The molecule has 0 aliphatic carbocycles.